The molecule has 0 radical (unpaired) electrons. The van der Waals surface area contributed by atoms with Crippen molar-refractivity contribution >= 4 is 22.9 Å². The van der Waals surface area contributed by atoms with Gasteiger partial charge in [0.1, 0.15) is 0 Å². The molecule has 18 heavy (non-hydrogen) atoms. The van der Waals surface area contributed by atoms with Crippen LogP contribution in [-0.4, -0.2) is 29.6 Å². The van der Waals surface area contributed by atoms with Crippen molar-refractivity contribution in [2.24, 2.45) is 0 Å². The van der Waals surface area contributed by atoms with E-state index in [1.54, 1.807) is 11.3 Å². The number of piperazine rings is 1. The summed E-state index contributed by atoms with van der Waals surface area (Å²) in [7, 11) is 0. The summed E-state index contributed by atoms with van der Waals surface area (Å²) in [5.41, 5.74) is 0.309. The summed E-state index contributed by atoms with van der Waals surface area (Å²) in [6.45, 7) is 10.1. The second-order valence-electron chi connectivity index (χ2n) is 5.30. The fourth-order valence-electron chi connectivity index (χ4n) is 2.87. The molecule has 1 N–H and O–H groups in total. The quantitative estimate of drug-likeness (QED) is 0.907. The Morgan fingerprint density at radius 1 is 1.44 bits per heavy atom. The van der Waals surface area contributed by atoms with Crippen LogP contribution in [0, 0.1) is 0 Å². The maximum atomic E-state index is 6.03. The maximum absolute atomic E-state index is 6.03. The molecule has 2 rings (SSSR count). The molecule has 0 amide bonds. The molecular formula is C14H23ClN2S. The molecule has 0 aromatic carbocycles. The Morgan fingerprint density at radius 2 is 2.17 bits per heavy atom. The molecule has 1 saturated heterocycles. The summed E-state index contributed by atoms with van der Waals surface area (Å²) in [6.07, 6.45) is 2.39. The zero-order valence-electron chi connectivity index (χ0n) is 11.5. The first-order chi connectivity index (χ1) is 8.59. The normalized spacial score (nSPS) is 24.3. The summed E-state index contributed by atoms with van der Waals surface area (Å²) < 4.78 is 0.895. The summed E-state index contributed by atoms with van der Waals surface area (Å²) >= 11 is 7.74. The Bertz CT molecular complexity index is 387. The van der Waals surface area contributed by atoms with Gasteiger partial charge in [-0.1, -0.05) is 25.4 Å². The zero-order chi connectivity index (χ0) is 13.2. The predicted molar refractivity (Wildman–Crippen MR) is 80.5 cm³/mol. The Morgan fingerprint density at radius 3 is 2.72 bits per heavy atom. The molecule has 2 heterocycles. The standard InChI is InChI=1S/C14H23ClN2S/c1-4-14(5-2)10-16-11(3)8-17(14)9-12-6-7-13(15)18-12/h6-7,11,16H,4-5,8-10H2,1-3H3. The second-order valence-corrected chi connectivity index (χ2v) is 7.10. The fourth-order valence-corrected chi connectivity index (χ4v) is 3.97. The first kappa shape index (κ1) is 14.3. The summed E-state index contributed by atoms with van der Waals surface area (Å²) in [5.74, 6) is 0. The molecule has 1 fully saturated rings. The number of nitrogens with one attached hydrogen (secondary N) is 1. The van der Waals surface area contributed by atoms with Crippen LogP contribution in [0.3, 0.4) is 0 Å². The minimum Gasteiger partial charge on any atom is -0.311 e. The minimum absolute atomic E-state index is 0.309. The van der Waals surface area contributed by atoms with E-state index in [1.165, 1.54) is 17.7 Å². The van der Waals surface area contributed by atoms with Crippen LogP contribution >= 0.6 is 22.9 Å². The van der Waals surface area contributed by atoms with Crippen molar-refractivity contribution in [3.05, 3.63) is 21.3 Å². The third-order valence-electron chi connectivity index (χ3n) is 4.24. The topological polar surface area (TPSA) is 15.3 Å². The van der Waals surface area contributed by atoms with Crippen LogP contribution in [0.1, 0.15) is 38.5 Å². The third kappa shape index (κ3) is 2.90. The van der Waals surface area contributed by atoms with E-state index >= 15 is 0 Å². The first-order valence-electron chi connectivity index (χ1n) is 6.82. The summed E-state index contributed by atoms with van der Waals surface area (Å²) in [4.78, 5) is 4.02. The van der Waals surface area contributed by atoms with Gasteiger partial charge >= 0.3 is 0 Å². The maximum Gasteiger partial charge on any atom is 0.0931 e. The molecule has 0 aliphatic carbocycles. The van der Waals surface area contributed by atoms with Gasteiger partial charge in [-0.2, -0.15) is 0 Å². The molecule has 0 bridgehead atoms. The third-order valence-corrected chi connectivity index (χ3v) is 5.45. The van der Waals surface area contributed by atoms with E-state index < -0.39 is 0 Å². The highest BCUT2D eigenvalue weighted by atomic mass is 35.5. The van der Waals surface area contributed by atoms with Gasteiger partial charge in [-0.25, -0.2) is 0 Å². The van der Waals surface area contributed by atoms with Crippen LogP contribution in [0.4, 0.5) is 0 Å². The number of rotatable bonds is 4. The molecule has 4 heteroatoms. The van der Waals surface area contributed by atoms with Gasteiger partial charge in [0.15, 0.2) is 0 Å². The molecule has 1 unspecified atom stereocenters. The second kappa shape index (κ2) is 5.91. The van der Waals surface area contributed by atoms with Gasteiger partial charge in [0, 0.05) is 36.1 Å². The van der Waals surface area contributed by atoms with E-state index in [9.17, 15) is 0 Å². The summed E-state index contributed by atoms with van der Waals surface area (Å²) in [6, 6.07) is 4.74. The van der Waals surface area contributed by atoms with Gasteiger partial charge in [-0.3, -0.25) is 4.90 Å². The molecule has 102 valence electrons. The highest BCUT2D eigenvalue weighted by Gasteiger charge is 2.37. The van der Waals surface area contributed by atoms with Crippen LogP contribution in [0.5, 0.6) is 0 Å². The highest BCUT2D eigenvalue weighted by Crippen LogP contribution is 2.31. The van der Waals surface area contributed by atoms with Crippen LogP contribution < -0.4 is 5.32 Å². The Kier molecular flexibility index (Phi) is 4.70. The lowest BCUT2D eigenvalue weighted by Crippen LogP contribution is -2.63. The van der Waals surface area contributed by atoms with E-state index in [0.717, 1.165) is 24.0 Å². The van der Waals surface area contributed by atoms with E-state index in [2.05, 4.69) is 37.1 Å². The van der Waals surface area contributed by atoms with Crippen molar-refractivity contribution in [1.29, 1.82) is 0 Å². The highest BCUT2D eigenvalue weighted by molar-refractivity contribution is 7.16. The minimum atomic E-state index is 0.309. The fraction of sp³-hybridized carbons (Fsp3) is 0.714. The Balaban J connectivity index is 2.15. The van der Waals surface area contributed by atoms with Crippen molar-refractivity contribution in [2.45, 2.75) is 51.7 Å². The van der Waals surface area contributed by atoms with E-state index in [1.807, 2.05) is 6.07 Å². The van der Waals surface area contributed by atoms with Crippen molar-refractivity contribution in [3.8, 4) is 0 Å². The molecule has 1 aliphatic heterocycles. The van der Waals surface area contributed by atoms with Crippen molar-refractivity contribution < 1.29 is 0 Å². The molecule has 0 spiro atoms. The van der Waals surface area contributed by atoms with Crippen molar-refractivity contribution in [3.63, 3.8) is 0 Å². The Hall–Kier alpha value is -0.0900. The lowest BCUT2D eigenvalue weighted by Gasteiger charge is -2.49. The number of thiophene rings is 1. The SMILES string of the molecule is CCC1(CC)CNC(C)CN1Cc1ccc(Cl)s1. The van der Waals surface area contributed by atoms with Crippen LogP contribution in [0.15, 0.2) is 12.1 Å². The van der Waals surface area contributed by atoms with Crippen LogP contribution in [0.25, 0.3) is 0 Å². The van der Waals surface area contributed by atoms with Gasteiger partial charge in [0.05, 0.1) is 4.34 Å². The lowest BCUT2D eigenvalue weighted by atomic mass is 9.87. The smallest absolute Gasteiger partial charge is 0.0931 e. The molecule has 1 atom stereocenters. The Labute approximate surface area is 119 Å². The molecule has 1 aromatic rings. The largest absolute Gasteiger partial charge is 0.311 e. The van der Waals surface area contributed by atoms with E-state index in [0.29, 0.717) is 11.6 Å². The first-order valence-corrected chi connectivity index (χ1v) is 8.01. The number of halogens is 1. The van der Waals surface area contributed by atoms with Gasteiger partial charge < -0.3 is 5.32 Å². The van der Waals surface area contributed by atoms with Crippen LogP contribution in [-0.2, 0) is 6.54 Å². The van der Waals surface area contributed by atoms with Gasteiger partial charge in [-0.05, 0) is 31.9 Å². The molecule has 1 aliphatic rings. The van der Waals surface area contributed by atoms with E-state index in [-0.39, 0.29) is 0 Å². The number of hydrogen-bond donors (Lipinski definition) is 1. The number of nitrogens with zero attached hydrogens (tertiary/aromatic N) is 1. The molecular weight excluding hydrogens is 264 g/mol. The molecule has 1 aromatic heterocycles. The van der Waals surface area contributed by atoms with Crippen molar-refractivity contribution in [2.75, 3.05) is 13.1 Å². The predicted octanol–water partition coefficient (Wildman–Crippen LogP) is 3.75. The van der Waals surface area contributed by atoms with Crippen LogP contribution in [0.2, 0.25) is 4.34 Å². The molecule has 0 saturated carbocycles. The monoisotopic (exact) mass is 286 g/mol. The number of hydrogen-bond acceptors (Lipinski definition) is 3. The lowest BCUT2D eigenvalue weighted by molar-refractivity contribution is 0.0287. The van der Waals surface area contributed by atoms with Gasteiger partial charge in [0.2, 0.25) is 0 Å². The average molecular weight is 287 g/mol. The van der Waals surface area contributed by atoms with Crippen molar-refractivity contribution in [1.82, 2.24) is 10.2 Å². The summed E-state index contributed by atoms with van der Waals surface area (Å²) in [5, 5.41) is 3.63. The van der Waals surface area contributed by atoms with Gasteiger partial charge in [-0.15, -0.1) is 11.3 Å². The molecule has 2 nitrogen and oxygen atoms in total. The zero-order valence-corrected chi connectivity index (χ0v) is 13.1. The van der Waals surface area contributed by atoms with Gasteiger partial charge in [0.25, 0.3) is 0 Å². The average Bonchev–Trinajstić information content (AvgIpc) is 2.76. The van der Waals surface area contributed by atoms with E-state index in [4.69, 9.17) is 11.6 Å².